The smallest absolute Gasteiger partial charge is 0.271 e. The molecule has 0 radical (unpaired) electrons. The van der Waals surface area contributed by atoms with Crippen molar-refractivity contribution in [1.82, 2.24) is 4.98 Å². The number of rotatable bonds is 8. The third-order valence-corrected chi connectivity index (χ3v) is 5.67. The second-order valence-electron chi connectivity index (χ2n) is 6.28. The van der Waals surface area contributed by atoms with Crippen LogP contribution < -0.4 is 19.5 Å². The Bertz CT molecular complexity index is 1260. The number of non-ortho nitro benzene ring substituents is 1. The number of benzene rings is 2. The number of sulfonamides is 1. The van der Waals surface area contributed by atoms with Crippen molar-refractivity contribution in [3.05, 3.63) is 76.5 Å². The van der Waals surface area contributed by atoms with Crippen LogP contribution in [0.25, 0.3) is 0 Å². The Kier molecular flexibility index (Phi) is 6.54. The van der Waals surface area contributed by atoms with E-state index in [1.165, 1.54) is 56.8 Å². The second-order valence-corrected chi connectivity index (χ2v) is 7.96. The molecule has 3 aromatic rings. The summed E-state index contributed by atoms with van der Waals surface area (Å²) in [4.78, 5) is 26.7. The number of carbonyl (C=O) groups is 1. The fraction of sp³-hybridized carbons (Fsp3) is 0.100. The zero-order valence-corrected chi connectivity index (χ0v) is 17.8. The monoisotopic (exact) mass is 458 g/mol. The number of carbonyl (C=O) groups excluding carboxylic acids is 1. The largest absolute Gasteiger partial charge is 0.495 e. The van der Waals surface area contributed by atoms with E-state index in [2.05, 4.69) is 15.0 Å². The Morgan fingerprint density at radius 2 is 1.72 bits per heavy atom. The van der Waals surface area contributed by atoms with Gasteiger partial charge in [-0.05, 0) is 42.5 Å². The van der Waals surface area contributed by atoms with E-state index in [4.69, 9.17) is 9.47 Å². The number of pyridine rings is 1. The van der Waals surface area contributed by atoms with Crippen LogP contribution in [0.4, 0.5) is 17.2 Å². The summed E-state index contributed by atoms with van der Waals surface area (Å²) in [6.45, 7) is 0. The van der Waals surface area contributed by atoms with Gasteiger partial charge in [-0.15, -0.1) is 0 Å². The normalized spacial score (nSPS) is 10.8. The minimum Gasteiger partial charge on any atom is -0.495 e. The fourth-order valence-corrected chi connectivity index (χ4v) is 3.77. The minimum absolute atomic E-state index is 0.0919. The number of aromatic nitrogens is 1. The maximum absolute atomic E-state index is 12.7. The number of nitrogens with zero attached hydrogens (tertiary/aromatic N) is 2. The summed E-state index contributed by atoms with van der Waals surface area (Å²) in [5.74, 6) is 0.185. The summed E-state index contributed by atoms with van der Waals surface area (Å²) in [6.07, 6.45) is 1.49. The van der Waals surface area contributed by atoms with Crippen LogP contribution in [0.1, 0.15) is 10.4 Å². The van der Waals surface area contributed by atoms with Gasteiger partial charge in [0, 0.05) is 23.9 Å². The van der Waals surface area contributed by atoms with Crippen LogP contribution in [0.3, 0.4) is 0 Å². The molecule has 1 amide bonds. The first kappa shape index (κ1) is 22.5. The van der Waals surface area contributed by atoms with Gasteiger partial charge in [0.05, 0.1) is 29.7 Å². The van der Waals surface area contributed by atoms with Crippen molar-refractivity contribution in [3.63, 3.8) is 0 Å². The van der Waals surface area contributed by atoms with Crippen LogP contribution in [0.5, 0.6) is 11.5 Å². The maximum atomic E-state index is 12.7. The van der Waals surface area contributed by atoms with Crippen LogP contribution in [-0.2, 0) is 10.0 Å². The number of anilines is 2. The van der Waals surface area contributed by atoms with Crippen LogP contribution >= 0.6 is 0 Å². The zero-order valence-electron chi connectivity index (χ0n) is 16.9. The predicted molar refractivity (Wildman–Crippen MR) is 116 cm³/mol. The van der Waals surface area contributed by atoms with E-state index in [-0.39, 0.29) is 33.4 Å². The first-order valence-electron chi connectivity index (χ1n) is 9.01. The molecule has 0 spiro atoms. The highest BCUT2D eigenvalue weighted by molar-refractivity contribution is 7.92. The zero-order chi connectivity index (χ0) is 23.3. The van der Waals surface area contributed by atoms with Gasteiger partial charge in [0.15, 0.2) is 11.6 Å². The maximum Gasteiger partial charge on any atom is 0.271 e. The topological polar surface area (TPSA) is 150 Å². The Balaban J connectivity index is 1.81. The number of ether oxygens (including phenoxy) is 2. The highest BCUT2D eigenvalue weighted by atomic mass is 32.2. The number of hydrogen-bond donors (Lipinski definition) is 2. The third-order valence-electron chi connectivity index (χ3n) is 4.29. The summed E-state index contributed by atoms with van der Waals surface area (Å²) in [5.41, 5.74) is -0.212. The lowest BCUT2D eigenvalue weighted by molar-refractivity contribution is -0.384. The van der Waals surface area contributed by atoms with Gasteiger partial charge in [-0.25, -0.2) is 13.4 Å². The van der Waals surface area contributed by atoms with Gasteiger partial charge in [-0.3, -0.25) is 19.6 Å². The summed E-state index contributed by atoms with van der Waals surface area (Å²) in [7, 11) is -1.37. The van der Waals surface area contributed by atoms with Crippen molar-refractivity contribution < 1.29 is 27.6 Å². The van der Waals surface area contributed by atoms with Crippen LogP contribution in [0, 0.1) is 10.1 Å². The van der Waals surface area contributed by atoms with Crippen molar-refractivity contribution in [2.75, 3.05) is 24.3 Å². The average Bonchev–Trinajstić information content (AvgIpc) is 2.79. The molecule has 0 atom stereocenters. The number of hydrogen-bond acceptors (Lipinski definition) is 8. The summed E-state index contributed by atoms with van der Waals surface area (Å²) < 4.78 is 38.0. The summed E-state index contributed by atoms with van der Waals surface area (Å²) >= 11 is 0. The van der Waals surface area contributed by atoms with Crippen molar-refractivity contribution in [3.8, 4) is 11.5 Å². The Labute approximate surface area is 183 Å². The molecule has 166 valence electrons. The van der Waals surface area contributed by atoms with Gasteiger partial charge in [-0.1, -0.05) is 0 Å². The van der Waals surface area contributed by atoms with E-state index in [0.717, 1.165) is 6.07 Å². The molecule has 1 heterocycles. The molecular formula is C20H18N4O7S. The predicted octanol–water partition coefficient (Wildman–Crippen LogP) is 3.06. The number of nitrogens with one attached hydrogen (secondary N) is 2. The van der Waals surface area contributed by atoms with Crippen molar-refractivity contribution >= 4 is 33.1 Å². The molecule has 0 saturated heterocycles. The molecular weight excluding hydrogens is 440 g/mol. The molecule has 12 heteroatoms. The molecule has 3 rings (SSSR count). The number of methoxy groups -OCH3 is 2. The van der Waals surface area contributed by atoms with Gasteiger partial charge in [-0.2, -0.15) is 0 Å². The Hall–Kier alpha value is -4.19. The molecule has 0 fully saturated rings. The SMILES string of the molecule is COc1ccc([N+](=O)[O-])cc1NS(=O)(=O)c1ccc(C(=O)Nc2ncccc2OC)cc1. The lowest BCUT2D eigenvalue weighted by Gasteiger charge is -2.12. The van der Waals surface area contributed by atoms with Gasteiger partial charge in [0.1, 0.15) is 5.75 Å². The first-order valence-corrected chi connectivity index (χ1v) is 10.5. The Morgan fingerprint density at radius 1 is 1.03 bits per heavy atom. The standard InChI is InChI=1S/C20H18N4O7S/c1-30-17-10-7-14(24(26)27)12-16(17)23-32(28,29)15-8-5-13(6-9-15)20(25)22-19-18(31-2)4-3-11-21-19/h3-12,23H,1-2H3,(H,21,22,25). The van der Waals surface area contributed by atoms with Gasteiger partial charge < -0.3 is 14.8 Å². The summed E-state index contributed by atoms with van der Waals surface area (Å²) in [5, 5.41) is 13.6. The van der Waals surface area contributed by atoms with Crippen molar-refractivity contribution in [2.24, 2.45) is 0 Å². The molecule has 0 bridgehead atoms. The number of amides is 1. The molecule has 0 saturated carbocycles. The lowest BCUT2D eigenvalue weighted by atomic mass is 10.2. The molecule has 1 aromatic heterocycles. The number of nitro groups is 1. The summed E-state index contributed by atoms with van der Waals surface area (Å²) in [6, 6.07) is 11.9. The van der Waals surface area contributed by atoms with Crippen LogP contribution in [0.2, 0.25) is 0 Å². The molecule has 2 aromatic carbocycles. The van der Waals surface area contributed by atoms with Gasteiger partial charge in [0.2, 0.25) is 0 Å². The average molecular weight is 458 g/mol. The van der Waals surface area contributed by atoms with E-state index in [1.807, 2.05) is 0 Å². The van der Waals surface area contributed by atoms with Crippen molar-refractivity contribution in [1.29, 1.82) is 0 Å². The first-order chi connectivity index (χ1) is 15.2. The highest BCUT2D eigenvalue weighted by Gasteiger charge is 2.20. The van der Waals surface area contributed by atoms with Gasteiger partial charge in [0.25, 0.3) is 21.6 Å². The lowest BCUT2D eigenvalue weighted by Crippen LogP contribution is -2.16. The van der Waals surface area contributed by atoms with Crippen LogP contribution in [-0.4, -0.2) is 38.5 Å². The van der Waals surface area contributed by atoms with E-state index in [1.54, 1.807) is 12.1 Å². The van der Waals surface area contributed by atoms with E-state index >= 15 is 0 Å². The Morgan fingerprint density at radius 3 is 2.34 bits per heavy atom. The van der Waals surface area contributed by atoms with Crippen molar-refractivity contribution in [2.45, 2.75) is 4.90 Å². The molecule has 0 unspecified atom stereocenters. The molecule has 32 heavy (non-hydrogen) atoms. The molecule has 2 N–H and O–H groups in total. The number of nitro benzene ring substituents is 1. The molecule has 11 nitrogen and oxygen atoms in total. The fourth-order valence-electron chi connectivity index (χ4n) is 2.71. The van der Waals surface area contributed by atoms with Crippen LogP contribution in [0.15, 0.2) is 65.7 Å². The van der Waals surface area contributed by atoms with E-state index < -0.39 is 20.9 Å². The molecule has 0 aliphatic carbocycles. The van der Waals surface area contributed by atoms with E-state index in [9.17, 15) is 23.3 Å². The van der Waals surface area contributed by atoms with E-state index in [0.29, 0.717) is 5.75 Å². The highest BCUT2D eigenvalue weighted by Crippen LogP contribution is 2.31. The molecule has 0 aliphatic rings. The minimum atomic E-state index is -4.12. The second kappa shape index (κ2) is 9.31. The quantitative estimate of drug-likeness (QED) is 0.386. The van der Waals surface area contributed by atoms with Gasteiger partial charge >= 0.3 is 0 Å². The third kappa shape index (κ3) is 4.92. The molecule has 0 aliphatic heterocycles.